The quantitative estimate of drug-likeness (QED) is 0.815. The van der Waals surface area contributed by atoms with Gasteiger partial charge in [-0.25, -0.2) is 13.1 Å². The molecule has 1 heterocycles. The number of ether oxygens (including phenoxy) is 2. The van der Waals surface area contributed by atoms with Gasteiger partial charge in [0.2, 0.25) is 27.6 Å². The number of hydrogen-bond acceptors (Lipinski definition) is 7. The van der Waals surface area contributed by atoms with Crippen LogP contribution in [0.3, 0.4) is 0 Å². The Morgan fingerprint density at radius 3 is 2.29 bits per heavy atom. The highest BCUT2D eigenvalue weighted by Crippen LogP contribution is 2.14. The second-order valence-corrected chi connectivity index (χ2v) is 5.86. The first-order valence-electron chi connectivity index (χ1n) is 5.59. The van der Waals surface area contributed by atoms with E-state index in [1.54, 1.807) is 0 Å². The van der Waals surface area contributed by atoms with Crippen molar-refractivity contribution >= 4 is 27.5 Å². The third-order valence-electron chi connectivity index (χ3n) is 2.15. The number of methoxy groups -OCH3 is 2. The molecule has 0 aliphatic carbocycles. The normalized spacial score (nSPS) is 11.9. The number of carbonyl (C=O) groups is 1. The van der Waals surface area contributed by atoms with E-state index in [0.717, 1.165) is 5.54 Å². The lowest BCUT2D eigenvalue weighted by molar-refractivity contribution is 0.0969. The van der Waals surface area contributed by atoms with Gasteiger partial charge in [-0.3, -0.25) is 4.79 Å². The summed E-state index contributed by atoms with van der Waals surface area (Å²) in [6.45, 7) is 1.52. The van der Waals surface area contributed by atoms with Crippen molar-refractivity contribution in [2.24, 2.45) is 0 Å². The molecular formula is C11H14ClN3O5S. The fourth-order valence-corrected chi connectivity index (χ4v) is 2.57. The summed E-state index contributed by atoms with van der Waals surface area (Å²) in [6.07, 6.45) is 0. The number of sulfonamides is 1. The van der Waals surface area contributed by atoms with Crippen LogP contribution in [-0.4, -0.2) is 44.3 Å². The van der Waals surface area contributed by atoms with E-state index in [9.17, 15) is 13.2 Å². The Morgan fingerprint density at radius 2 is 1.86 bits per heavy atom. The molecule has 0 fully saturated rings. The number of halogens is 1. The predicted molar refractivity (Wildman–Crippen MR) is 76.0 cm³/mol. The monoisotopic (exact) mass is 335 g/mol. The molecule has 0 aromatic carbocycles. The zero-order valence-corrected chi connectivity index (χ0v) is 13.2. The standard InChI is InChI=1S/C11H14ClN3O5S/c1-7(5-12)6-21(17,18)15-11(16)10-13-8(19-2)4-9(14-10)20-3/h4-5H,6H2,1-3H3,(H,15,16). The van der Waals surface area contributed by atoms with Crippen molar-refractivity contribution in [3.8, 4) is 11.8 Å². The molecule has 1 aromatic rings. The zero-order chi connectivity index (χ0) is 16.0. The van der Waals surface area contributed by atoms with Crippen molar-refractivity contribution in [2.75, 3.05) is 20.0 Å². The molecular weight excluding hydrogens is 322 g/mol. The van der Waals surface area contributed by atoms with Gasteiger partial charge >= 0.3 is 5.91 Å². The molecule has 0 saturated carbocycles. The van der Waals surface area contributed by atoms with Crippen molar-refractivity contribution in [3.05, 3.63) is 23.0 Å². The third-order valence-corrected chi connectivity index (χ3v) is 3.86. The lowest BCUT2D eigenvalue weighted by Gasteiger charge is -2.08. The van der Waals surface area contributed by atoms with Gasteiger partial charge in [-0.15, -0.1) is 0 Å². The first kappa shape index (κ1) is 17.2. The second-order valence-electron chi connectivity index (χ2n) is 3.92. The van der Waals surface area contributed by atoms with E-state index in [0.29, 0.717) is 5.57 Å². The summed E-state index contributed by atoms with van der Waals surface area (Å²) in [6, 6.07) is 1.35. The lowest BCUT2D eigenvalue weighted by Crippen LogP contribution is -2.34. The fraction of sp³-hybridized carbons (Fsp3) is 0.364. The van der Waals surface area contributed by atoms with Crippen LogP contribution in [-0.2, 0) is 10.0 Å². The third kappa shape index (κ3) is 5.20. The Morgan fingerprint density at radius 1 is 1.33 bits per heavy atom. The Hall–Kier alpha value is -1.87. The van der Waals surface area contributed by atoms with E-state index in [1.165, 1.54) is 27.2 Å². The minimum atomic E-state index is -3.89. The number of amides is 1. The van der Waals surface area contributed by atoms with Crippen LogP contribution in [0.1, 0.15) is 17.5 Å². The van der Waals surface area contributed by atoms with Gasteiger partial charge in [-0.2, -0.15) is 9.97 Å². The lowest BCUT2D eigenvalue weighted by atomic mass is 10.4. The Kier molecular flexibility index (Phi) is 5.91. The molecule has 8 nitrogen and oxygen atoms in total. The topological polar surface area (TPSA) is 107 Å². The van der Waals surface area contributed by atoms with E-state index < -0.39 is 21.7 Å². The molecule has 0 unspecified atom stereocenters. The first-order valence-corrected chi connectivity index (χ1v) is 7.68. The average molecular weight is 336 g/mol. The van der Waals surface area contributed by atoms with Gasteiger partial charge in [0.25, 0.3) is 0 Å². The SMILES string of the molecule is COc1cc(OC)nc(C(=O)NS(=O)(=O)CC(C)=CCl)n1. The fourth-order valence-electron chi connectivity index (χ4n) is 1.27. The van der Waals surface area contributed by atoms with Gasteiger partial charge in [0.1, 0.15) is 0 Å². The maximum atomic E-state index is 11.9. The number of nitrogens with zero attached hydrogens (tertiary/aromatic N) is 2. The highest BCUT2D eigenvalue weighted by Gasteiger charge is 2.20. The van der Waals surface area contributed by atoms with Crippen LogP contribution in [0.4, 0.5) is 0 Å². The summed E-state index contributed by atoms with van der Waals surface area (Å²) in [5.41, 5.74) is 1.50. The number of aromatic nitrogens is 2. The van der Waals surface area contributed by atoms with Gasteiger partial charge in [0, 0.05) is 5.54 Å². The second kappa shape index (κ2) is 7.23. The maximum absolute atomic E-state index is 11.9. The summed E-state index contributed by atoms with van der Waals surface area (Å²) in [7, 11) is -1.21. The summed E-state index contributed by atoms with van der Waals surface area (Å²) in [5.74, 6) is -1.65. The molecule has 0 spiro atoms. The van der Waals surface area contributed by atoms with Gasteiger partial charge in [0.05, 0.1) is 26.0 Å². The van der Waals surface area contributed by atoms with E-state index in [4.69, 9.17) is 21.1 Å². The molecule has 0 radical (unpaired) electrons. The maximum Gasteiger partial charge on any atom is 0.302 e. The zero-order valence-electron chi connectivity index (χ0n) is 11.6. The first-order chi connectivity index (χ1) is 9.81. The van der Waals surface area contributed by atoms with Gasteiger partial charge in [0.15, 0.2) is 0 Å². The van der Waals surface area contributed by atoms with Crippen LogP contribution in [0, 0.1) is 0 Å². The molecule has 0 saturated heterocycles. The van der Waals surface area contributed by atoms with Crippen LogP contribution in [0.5, 0.6) is 11.8 Å². The van der Waals surface area contributed by atoms with Crippen molar-refractivity contribution in [2.45, 2.75) is 6.92 Å². The van der Waals surface area contributed by atoms with Gasteiger partial charge in [-0.1, -0.05) is 11.6 Å². The molecule has 1 aromatic heterocycles. The van der Waals surface area contributed by atoms with Gasteiger partial charge in [-0.05, 0) is 12.5 Å². The van der Waals surface area contributed by atoms with Crippen molar-refractivity contribution < 1.29 is 22.7 Å². The van der Waals surface area contributed by atoms with Crippen molar-refractivity contribution in [1.82, 2.24) is 14.7 Å². The largest absolute Gasteiger partial charge is 0.481 e. The van der Waals surface area contributed by atoms with Gasteiger partial charge < -0.3 is 9.47 Å². The van der Waals surface area contributed by atoms with E-state index in [-0.39, 0.29) is 17.6 Å². The van der Waals surface area contributed by atoms with Crippen LogP contribution >= 0.6 is 11.6 Å². The Bertz CT molecular complexity index is 638. The van der Waals surface area contributed by atoms with Crippen LogP contribution < -0.4 is 14.2 Å². The van der Waals surface area contributed by atoms with E-state index in [2.05, 4.69) is 9.97 Å². The molecule has 21 heavy (non-hydrogen) atoms. The number of rotatable bonds is 6. The highest BCUT2D eigenvalue weighted by molar-refractivity contribution is 7.90. The van der Waals surface area contributed by atoms with Crippen LogP contribution in [0.15, 0.2) is 17.2 Å². The summed E-state index contributed by atoms with van der Waals surface area (Å²) < 4.78 is 35.1. The summed E-state index contributed by atoms with van der Waals surface area (Å²) >= 11 is 5.39. The van der Waals surface area contributed by atoms with E-state index in [1.807, 2.05) is 4.72 Å². The molecule has 1 amide bonds. The minimum absolute atomic E-state index is 0.0706. The number of hydrogen-bond donors (Lipinski definition) is 1. The molecule has 1 N–H and O–H groups in total. The molecule has 1 rings (SSSR count). The smallest absolute Gasteiger partial charge is 0.302 e. The molecule has 0 aliphatic heterocycles. The highest BCUT2D eigenvalue weighted by atomic mass is 35.5. The number of nitrogens with one attached hydrogen (secondary N) is 1. The molecule has 0 aliphatic rings. The van der Waals surface area contributed by atoms with Crippen molar-refractivity contribution in [1.29, 1.82) is 0 Å². The molecule has 10 heteroatoms. The average Bonchev–Trinajstić information content (AvgIpc) is 2.45. The molecule has 116 valence electrons. The Balaban J connectivity index is 2.99. The van der Waals surface area contributed by atoms with Crippen LogP contribution in [0.25, 0.3) is 0 Å². The summed E-state index contributed by atoms with van der Waals surface area (Å²) in [5, 5.41) is 0. The van der Waals surface area contributed by atoms with Crippen molar-refractivity contribution in [3.63, 3.8) is 0 Å². The Labute approximate surface area is 127 Å². The number of carbonyl (C=O) groups excluding carboxylic acids is 1. The molecule has 0 bridgehead atoms. The van der Waals surface area contributed by atoms with Crippen LogP contribution in [0.2, 0.25) is 0 Å². The summed E-state index contributed by atoms with van der Waals surface area (Å²) in [4.78, 5) is 19.4. The minimum Gasteiger partial charge on any atom is -0.481 e. The van der Waals surface area contributed by atoms with E-state index >= 15 is 0 Å². The molecule has 0 atom stereocenters. The predicted octanol–water partition coefficient (Wildman–Crippen LogP) is 0.696.